The average Bonchev–Trinajstić information content (AvgIpc) is 3.21. The van der Waals surface area contributed by atoms with Crippen molar-refractivity contribution in [1.29, 1.82) is 0 Å². The molecule has 0 aromatic carbocycles. The van der Waals surface area contributed by atoms with E-state index in [1.807, 2.05) is 17.0 Å². The number of amides is 2. The van der Waals surface area contributed by atoms with Gasteiger partial charge in [-0.3, -0.25) is 14.6 Å². The summed E-state index contributed by atoms with van der Waals surface area (Å²) in [5.74, 6) is -0.277. The average molecular weight is 354 g/mol. The zero-order chi connectivity index (χ0) is 18.1. The highest BCUT2D eigenvalue weighted by Gasteiger charge is 2.37. The van der Waals surface area contributed by atoms with Gasteiger partial charge < -0.3 is 19.1 Å². The summed E-state index contributed by atoms with van der Waals surface area (Å²) < 4.78 is 5.25. The van der Waals surface area contributed by atoms with E-state index in [1.54, 1.807) is 23.2 Å². The Bertz CT molecular complexity index is 797. The van der Waals surface area contributed by atoms with Gasteiger partial charge in [0.2, 0.25) is 5.91 Å². The van der Waals surface area contributed by atoms with E-state index in [1.165, 1.54) is 6.26 Å². The topological polar surface area (TPSA) is 69.9 Å². The quantitative estimate of drug-likeness (QED) is 0.810. The van der Waals surface area contributed by atoms with Gasteiger partial charge in [-0.05, 0) is 30.8 Å². The first-order valence-electron chi connectivity index (χ1n) is 8.87. The molecule has 1 unspecified atom stereocenters. The summed E-state index contributed by atoms with van der Waals surface area (Å²) in [6.07, 6.45) is 3.20. The van der Waals surface area contributed by atoms with Gasteiger partial charge in [0.05, 0.1) is 17.9 Å². The van der Waals surface area contributed by atoms with Crippen LogP contribution in [0, 0.1) is 0 Å². The van der Waals surface area contributed by atoms with Crippen molar-refractivity contribution in [2.45, 2.75) is 12.5 Å². The molecule has 136 valence electrons. The number of piperazine rings is 1. The molecule has 7 heteroatoms. The van der Waals surface area contributed by atoms with Crippen LogP contribution in [-0.4, -0.2) is 71.3 Å². The van der Waals surface area contributed by atoms with Crippen molar-refractivity contribution in [2.24, 2.45) is 0 Å². The lowest BCUT2D eigenvalue weighted by Gasteiger charge is -2.38. The zero-order valence-electron chi connectivity index (χ0n) is 14.8. The number of carbonyl (C=O) groups excluding carboxylic acids is 2. The van der Waals surface area contributed by atoms with Crippen molar-refractivity contribution in [3.05, 3.63) is 53.7 Å². The van der Waals surface area contributed by atoms with Crippen LogP contribution in [0.3, 0.4) is 0 Å². The lowest BCUT2D eigenvalue weighted by Crippen LogP contribution is -2.51. The van der Waals surface area contributed by atoms with Gasteiger partial charge in [-0.1, -0.05) is 6.07 Å². The molecule has 4 heterocycles. The minimum atomic E-state index is -0.428. The van der Waals surface area contributed by atoms with E-state index in [-0.39, 0.29) is 11.8 Å². The summed E-state index contributed by atoms with van der Waals surface area (Å²) in [5, 5.41) is 0. The number of hydrogen-bond donors (Lipinski definition) is 0. The number of carbonyl (C=O) groups is 2. The van der Waals surface area contributed by atoms with Gasteiger partial charge in [0.25, 0.3) is 5.91 Å². The SMILES string of the molecule is CN1CCN(C(=O)C2CN(C(=O)c3ccco3)Cc3cccnc32)CC1. The molecule has 0 spiro atoms. The largest absolute Gasteiger partial charge is 0.459 e. The minimum absolute atomic E-state index is 0.0509. The van der Waals surface area contributed by atoms with Crippen LogP contribution in [0.5, 0.6) is 0 Å². The highest BCUT2D eigenvalue weighted by Crippen LogP contribution is 2.29. The van der Waals surface area contributed by atoms with E-state index in [9.17, 15) is 9.59 Å². The molecule has 0 saturated carbocycles. The van der Waals surface area contributed by atoms with Gasteiger partial charge in [-0.25, -0.2) is 0 Å². The smallest absolute Gasteiger partial charge is 0.289 e. The fraction of sp³-hybridized carbons (Fsp3) is 0.421. The summed E-state index contributed by atoms with van der Waals surface area (Å²) in [6.45, 7) is 3.91. The van der Waals surface area contributed by atoms with E-state index in [4.69, 9.17) is 4.42 Å². The van der Waals surface area contributed by atoms with Gasteiger partial charge in [0.15, 0.2) is 5.76 Å². The van der Waals surface area contributed by atoms with Crippen LogP contribution in [-0.2, 0) is 11.3 Å². The van der Waals surface area contributed by atoms with Crippen LogP contribution < -0.4 is 0 Å². The van der Waals surface area contributed by atoms with Crippen molar-refractivity contribution in [1.82, 2.24) is 19.7 Å². The lowest BCUT2D eigenvalue weighted by molar-refractivity contribution is -0.135. The highest BCUT2D eigenvalue weighted by atomic mass is 16.3. The van der Waals surface area contributed by atoms with E-state index >= 15 is 0 Å². The zero-order valence-corrected chi connectivity index (χ0v) is 14.8. The molecule has 2 aromatic heterocycles. The normalized spacial score (nSPS) is 20.7. The van der Waals surface area contributed by atoms with Crippen LogP contribution >= 0.6 is 0 Å². The Morgan fingerprint density at radius 3 is 2.65 bits per heavy atom. The fourth-order valence-corrected chi connectivity index (χ4v) is 3.63. The lowest BCUT2D eigenvalue weighted by atomic mass is 9.93. The predicted octanol–water partition coefficient (Wildman–Crippen LogP) is 1.19. The Kier molecular flexibility index (Phi) is 4.46. The van der Waals surface area contributed by atoms with E-state index < -0.39 is 5.92 Å². The molecule has 2 amide bonds. The molecule has 26 heavy (non-hydrogen) atoms. The van der Waals surface area contributed by atoms with Gasteiger partial charge in [0.1, 0.15) is 0 Å². The number of hydrogen-bond acceptors (Lipinski definition) is 5. The number of pyridine rings is 1. The Balaban J connectivity index is 1.60. The monoisotopic (exact) mass is 354 g/mol. The molecule has 1 atom stereocenters. The van der Waals surface area contributed by atoms with E-state index in [0.717, 1.165) is 24.3 Å². The van der Waals surface area contributed by atoms with E-state index in [0.29, 0.717) is 31.9 Å². The van der Waals surface area contributed by atoms with Crippen LogP contribution in [0.4, 0.5) is 0 Å². The van der Waals surface area contributed by atoms with Gasteiger partial charge >= 0.3 is 0 Å². The summed E-state index contributed by atoms with van der Waals surface area (Å²) >= 11 is 0. The second-order valence-electron chi connectivity index (χ2n) is 6.89. The number of furan rings is 1. The number of rotatable bonds is 2. The van der Waals surface area contributed by atoms with Crippen LogP contribution in [0.1, 0.15) is 27.7 Å². The Morgan fingerprint density at radius 2 is 1.92 bits per heavy atom. The van der Waals surface area contributed by atoms with Crippen molar-refractivity contribution in [3.8, 4) is 0 Å². The first-order chi connectivity index (χ1) is 12.6. The third-order valence-electron chi connectivity index (χ3n) is 5.15. The van der Waals surface area contributed by atoms with Gasteiger partial charge in [0, 0.05) is 45.5 Å². The third kappa shape index (κ3) is 3.10. The van der Waals surface area contributed by atoms with Gasteiger partial charge in [-0.2, -0.15) is 0 Å². The first-order valence-corrected chi connectivity index (χ1v) is 8.87. The van der Waals surface area contributed by atoms with Crippen molar-refractivity contribution in [2.75, 3.05) is 39.8 Å². The summed E-state index contributed by atoms with van der Waals surface area (Å²) in [5.41, 5.74) is 1.71. The Morgan fingerprint density at radius 1 is 1.12 bits per heavy atom. The molecule has 1 fully saturated rings. The molecule has 1 saturated heterocycles. The minimum Gasteiger partial charge on any atom is -0.459 e. The molecule has 0 N–H and O–H groups in total. The maximum absolute atomic E-state index is 13.2. The molecular weight excluding hydrogens is 332 g/mol. The van der Waals surface area contributed by atoms with Crippen LogP contribution in [0.15, 0.2) is 41.1 Å². The second kappa shape index (κ2) is 6.92. The molecule has 7 nitrogen and oxygen atoms in total. The number of nitrogens with zero attached hydrogens (tertiary/aromatic N) is 4. The molecule has 2 aliphatic rings. The van der Waals surface area contributed by atoms with Crippen molar-refractivity contribution < 1.29 is 14.0 Å². The highest BCUT2D eigenvalue weighted by molar-refractivity contribution is 5.93. The van der Waals surface area contributed by atoms with Crippen LogP contribution in [0.25, 0.3) is 0 Å². The number of likely N-dealkylation sites (N-methyl/N-ethyl adjacent to an activating group) is 1. The standard InChI is InChI=1S/C19H22N4O3/c1-21-7-9-22(10-8-21)18(24)15-13-23(19(25)16-5-3-11-26-16)12-14-4-2-6-20-17(14)15/h2-6,11,15H,7-10,12-13H2,1H3. The summed E-state index contributed by atoms with van der Waals surface area (Å²) in [4.78, 5) is 36.2. The third-order valence-corrected chi connectivity index (χ3v) is 5.15. The maximum Gasteiger partial charge on any atom is 0.289 e. The van der Waals surface area contributed by atoms with Crippen LogP contribution in [0.2, 0.25) is 0 Å². The van der Waals surface area contributed by atoms with Gasteiger partial charge in [-0.15, -0.1) is 0 Å². The molecule has 0 aliphatic carbocycles. The number of fused-ring (bicyclic) bond motifs is 1. The van der Waals surface area contributed by atoms with Crippen molar-refractivity contribution >= 4 is 11.8 Å². The Labute approximate surface area is 152 Å². The first kappa shape index (κ1) is 16.8. The predicted molar refractivity (Wildman–Crippen MR) is 94.5 cm³/mol. The Hall–Kier alpha value is -2.67. The fourth-order valence-electron chi connectivity index (χ4n) is 3.63. The number of aromatic nitrogens is 1. The molecule has 0 radical (unpaired) electrons. The molecule has 4 rings (SSSR count). The molecule has 2 aromatic rings. The maximum atomic E-state index is 13.2. The summed E-state index contributed by atoms with van der Waals surface area (Å²) in [6, 6.07) is 7.13. The molecule has 2 aliphatic heterocycles. The second-order valence-corrected chi connectivity index (χ2v) is 6.89. The molecule has 0 bridgehead atoms. The van der Waals surface area contributed by atoms with E-state index in [2.05, 4.69) is 16.9 Å². The summed E-state index contributed by atoms with van der Waals surface area (Å²) in [7, 11) is 2.06. The van der Waals surface area contributed by atoms with Crippen molar-refractivity contribution in [3.63, 3.8) is 0 Å². The molecular formula is C19H22N4O3.